The second kappa shape index (κ2) is 4.56. The van der Waals surface area contributed by atoms with Crippen molar-refractivity contribution in [2.75, 3.05) is 0 Å². The van der Waals surface area contributed by atoms with Gasteiger partial charge in [-0.05, 0) is 6.08 Å². The maximum absolute atomic E-state index is 13.5. The highest BCUT2D eigenvalue weighted by Crippen LogP contribution is 2.29. The molecule has 1 atom stereocenters. The van der Waals surface area contributed by atoms with E-state index >= 15 is 0 Å². The second-order valence-electron chi connectivity index (χ2n) is 3.67. The Morgan fingerprint density at radius 1 is 1.22 bits per heavy atom. The van der Waals surface area contributed by atoms with Crippen LogP contribution >= 0.6 is 0 Å². The number of rotatable bonds is 2. The van der Waals surface area contributed by atoms with Gasteiger partial charge < -0.3 is 15.2 Å². The number of allylic oxidation sites excluding steroid dienone is 2. The molecule has 1 heterocycles. The molecule has 1 aromatic rings. The van der Waals surface area contributed by atoms with Crippen LogP contribution in [0.15, 0.2) is 30.1 Å². The van der Waals surface area contributed by atoms with Crippen LogP contribution in [0.3, 0.4) is 0 Å². The monoisotopic (exact) mass is 255 g/mol. The average molecular weight is 255 g/mol. The van der Waals surface area contributed by atoms with Gasteiger partial charge in [-0.3, -0.25) is 0 Å². The van der Waals surface area contributed by atoms with Crippen LogP contribution in [-0.4, -0.2) is 17.4 Å². The zero-order chi connectivity index (χ0) is 13.3. The van der Waals surface area contributed by atoms with Crippen molar-refractivity contribution >= 4 is 12.0 Å². The van der Waals surface area contributed by atoms with E-state index in [2.05, 4.69) is 5.32 Å². The minimum atomic E-state index is -1.12. The third kappa shape index (κ3) is 2.09. The molecule has 6 heteroatoms. The molecule has 0 bridgehead atoms. The van der Waals surface area contributed by atoms with E-state index in [9.17, 15) is 18.0 Å². The number of nitrogens with one attached hydrogen (secondary N) is 1. The van der Waals surface area contributed by atoms with E-state index in [1.54, 1.807) is 0 Å². The Bertz CT molecular complexity index is 543. The van der Waals surface area contributed by atoms with Gasteiger partial charge in [0.15, 0.2) is 0 Å². The Hall–Kier alpha value is -2.24. The number of aldehydes is 1. The molecule has 0 aromatic heterocycles. The fourth-order valence-corrected chi connectivity index (χ4v) is 1.62. The van der Waals surface area contributed by atoms with Crippen LogP contribution in [0.1, 0.15) is 5.56 Å². The summed E-state index contributed by atoms with van der Waals surface area (Å²) in [6.45, 7) is 0. The standard InChI is InChI=1S/C12H8F3NO2/c13-8-2-1-6(5-17)16-12(8)11-9(14)3-7(18)4-10(11)15/h1-6,16,18H. The molecular weight excluding hydrogens is 247 g/mol. The molecule has 0 saturated heterocycles. The fraction of sp³-hybridized carbons (Fsp3) is 0.0833. The number of halogens is 3. The molecule has 2 N–H and O–H groups in total. The maximum atomic E-state index is 13.5. The normalized spacial score (nSPS) is 18.7. The highest BCUT2D eigenvalue weighted by atomic mass is 19.1. The van der Waals surface area contributed by atoms with E-state index in [-0.39, 0.29) is 0 Å². The third-order valence-electron chi connectivity index (χ3n) is 2.42. The lowest BCUT2D eigenvalue weighted by atomic mass is 10.1. The number of hydrogen-bond acceptors (Lipinski definition) is 3. The van der Waals surface area contributed by atoms with Crippen molar-refractivity contribution in [1.29, 1.82) is 0 Å². The SMILES string of the molecule is O=CC1C=CC(F)=C(c2c(F)cc(O)cc2F)N1. The highest BCUT2D eigenvalue weighted by molar-refractivity contribution is 5.76. The highest BCUT2D eigenvalue weighted by Gasteiger charge is 2.23. The number of phenols is 1. The molecule has 1 aliphatic heterocycles. The minimum absolute atomic E-state index is 0.454. The first-order chi connectivity index (χ1) is 8.52. The van der Waals surface area contributed by atoms with Crippen molar-refractivity contribution in [2.24, 2.45) is 0 Å². The largest absolute Gasteiger partial charge is 0.508 e. The molecule has 94 valence electrons. The molecule has 3 nitrogen and oxygen atoms in total. The number of dihydropyridines is 1. The van der Waals surface area contributed by atoms with E-state index in [1.807, 2.05) is 0 Å². The molecule has 1 aliphatic rings. The first-order valence-electron chi connectivity index (χ1n) is 5.01. The molecule has 2 rings (SSSR count). The molecule has 0 aliphatic carbocycles. The Morgan fingerprint density at radius 2 is 1.83 bits per heavy atom. The van der Waals surface area contributed by atoms with Crippen LogP contribution in [0.4, 0.5) is 13.2 Å². The summed E-state index contributed by atoms with van der Waals surface area (Å²) in [6.07, 6.45) is 2.65. The summed E-state index contributed by atoms with van der Waals surface area (Å²) in [4.78, 5) is 10.6. The van der Waals surface area contributed by atoms with Crippen molar-refractivity contribution in [3.8, 4) is 5.75 Å². The number of carbonyl (C=O) groups is 1. The summed E-state index contributed by atoms with van der Waals surface area (Å²) < 4.78 is 40.6. The van der Waals surface area contributed by atoms with Crippen LogP contribution in [-0.2, 0) is 4.79 Å². The van der Waals surface area contributed by atoms with Gasteiger partial charge in [-0.25, -0.2) is 13.2 Å². The molecule has 1 unspecified atom stereocenters. The molecule has 0 amide bonds. The number of phenolic OH excluding ortho intramolecular Hbond substituents is 1. The van der Waals surface area contributed by atoms with Crippen LogP contribution < -0.4 is 5.32 Å². The van der Waals surface area contributed by atoms with Crippen LogP contribution in [0.5, 0.6) is 5.75 Å². The van der Waals surface area contributed by atoms with E-state index in [0.29, 0.717) is 18.4 Å². The van der Waals surface area contributed by atoms with Crippen molar-refractivity contribution in [2.45, 2.75) is 6.04 Å². The predicted molar refractivity (Wildman–Crippen MR) is 58.2 cm³/mol. The number of carbonyl (C=O) groups excluding carboxylic acids is 1. The van der Waals surface area contributed by atoms with Crippen LogP contribution in [0.25, 0.3) is 5.70 Å². The van der Waals surface area contributed by atoms with Gasteiger partial charge >= 0.3 is 0 Å². The average Bonchev–Trinajstić information content (AvgIpc) is 2.30. The van der Waals surface area contributed by atoms with Gasteiger partial charge in [0.05, 0.1) is 11.3 Å². The summed E-state index contributed by atoms with van der Waals surface area (Å²) in [5.41, 5.74) is -1.11. The first-order valence-corrected chi connectivity index (χ1v) is 5.01. The van der Waals surface area contributed by atoms with E-state index < -0.39 is 40.5 Å². The van der Waals surface area contributed by atoms with Gasteiger partial charge in [-0.1, -0.05) is 6.08 Å². The zero-order valence-electron chi connectivity index (χ0n) is 8.95. The lowest BCUT2D eigenvalue weighted by Crippen LogP contribution is -2.30. The van der Waals surface area contributed by atoms with Gasteiger partial charge in [0, 0.05) is 12.1 Å². The molecule has 0 spiro atoms. The molecule has 0 saturated carbocycles. The molecule has 0 radical (unpaired) electrons. The van der Waals surface area contributed by atoms with Crippen molar-refractivity contribution < 1.29 is 23.1 Å². The first kappa shape index (κ1) is 12.2. The van der Waals surface area contributed by atoms with Crippen molar-refractivity contribution in [1.82, 2.24) is 5.32 Å². The quantitative estimate of drug-likeness (QED) is 0.795. The summed E-state index contributed by atoms with van der Waals surface area (Å²) in [6, 6.07) is 0.468. The maximum Gasteiger partial charge on any atom is 0.146 e. The molecule has 18 heavy (non-hydrogen) atoms. The van der Waals surface area contributed by atoms with Gasteiger partial charge in [0.1, 0.15) is 35.5 Å². The van der Waals surface area contributed by atoms with Crippen molar-refractivity contribution in [3.63, 3.8) is 0 Å². The Kier molecular flexibility index (Phi) is 3.10. The minimum Gasteiger partial charge on any atom is -0.508 e. The summed E-state index contributed by atoms with van der Waals surface area (Å²) in [5.74, 6) is -3.74. The summed E-state index contributed by atoms with van der Waals surface area (Å²) in [7, 11) is 0. The number of benzene rings is 1. The van der Waals surface area contributed by atoms with Crippen LogP contribution in [0.2, 0.25) is 0 Å². The Morgan fingerprint density at radius 3 is 2.39 bits per heavy atom. The number of aromatic hydroxyl groups is 1. The Balaban J connectivity index is 2.55. The lowest BCUT2D eigenvalue weighted by molar-refractivity contribution is -0.108. The lowest BCUT2D eigenvalue weighted by Gasteiger charge is -2.19. The number of hydrogen-bond donors (Lipinski definition) is 2. The fourth-order valence-electron chi connectivity index (χ4n) is 1.62. The molecule has 0 fully saturated rings. The second-order valence-corrected chi connectivity index (χ2v) is 3.67. The van der Waals surface area contributed by atoms with Crippen LogP contribution in [0, 0.1) is 11.6 Å². The van der Waals surface area contributed by atoms with Crippen molar-refractivity contribution in [3.05, 3.63) is 47.3 Å². The van der Waals surface area contributed by atoms with E-state index in [4.69, 9.17) is 5.11 Å². The van der Waals surface area contributed by atoms with Gasteiger partial charge in [-0.2, -0.15) is 0 Å². The molecule has 1 aromatic carbocycles. The topological polar surface area (TPSA) is 49.3 Å². The van der Waals surface area contributed by atoms with Gasteiger partial charge in [0.2, 0.25) is 0 Å². The van der Waals surface area contributed by atoms with E-state index in [0.717, 1.165) is 6.08 Å². The summed E-state index contributed by atoms with van der Waals surface area (Å²) >= 11 is 0. The van der Waals surface area contributed by atoms with E-state index in [1.165, 1.54) is 6.08 Å². The molecular formula is C12H8F3NO2. The summed E-state index contributed by atoms with van der Waals surface area (Å²) in [5, 5.41) is 11.4. The van der Waals surface area contributed by atoms with Gasteiger partial charge in [0.25, 0.3) is 0 Å². The smallest absolute Gasteiger partial charge is 0.146 e. The zero-order valence-corrected chi connectivity index (χ0v) is 8.95. The Labute approximate surface area is 100 Å². The third-order valence-corrected chi connectivity index (χ3v) is 2.42. The van der Waals surface area contributed by atoms with Gasteiger partial charge in [-0.15, -0.1) is 0 Å². The predicted octanol–water partition coefficient (Wildman–Crippen LogP) is 2.04.